The van der Waals surface area contributed by atoms with Crippen LogP contribution in [0.2, 0.25) is 0 Å². The Hall–Kier alpha value is -0.210. The van der Waals surface area contributed by atoms with Crippen molar-refractivity contribution >= 4 is 0 Å². The van der Waals surface area contributed by atoms with E-state index in [0.717, 1.165) is 6.92 Å². The van der Waals surface area contributed by atoms with Gasteiger partial charge in [0, 0.05) is 0 Å². The van der Waals surface area contributed by atoms with Crippen LogP contribution >= 0.6 is 0 Å². The maximum absolute atomic E-state index is 12.6. The van der Waals surface area contributed by atoms with Gasteiger partial charge in [-0.1, -0.05) is 6.92 Å². The van der Waals surface area contributed by atoms with E-state index in [2.05, 4.69) is 0 Å². The Morgan fingerprint density at radius 3 is 2.00 bits per heavy atom. The highest BCUT2D eigenvalue weighted by molar-refractivity contribution is 4.69. The quantitative estimate of drug-likeness (QED) is 0.584. The zero-order valence-electron chi connectivity index (χ0n) is 6.28. The van der Waals surface area contributed by atoms with Gasteiger partial charge in [-0.25, -0.2) is 8.78 Å². The van der Waals surface area contributed by atoms with Crippen LogP contribution in [-0.4, -0.2) is 19.0 Å². The minimum atomic E-state index is -1.52. The molecule has 0 aliphatic carbocycles. The molecule has 10 heavy (non-hydrogen) atoms. The zero-order chi connectivity index (χ0) is 8.15. The largest absolute Gasteiger partial charge is 0.251 e. The minimum absolute atomic E-state index is 0.107. The van der Waals surface area contributed by atoms with Gasteiger partial charge in [0.15, 0.2) is 0 Å². The number of halogens is 3. The maximum atomic E-state index is 12.6. The smallest absolute Gasteiger partial charge is 0.133 e. The molecular formula is C7H13F3. The van der Waals surface area contributed by atoms with Crippen LogP contribution < -0.4 is 0 Å². The number of hydrogen-bond acceptors (Lipinski definition) is 0. The standard InChI is InChI=1S/C7H13F3/c1-5(3-4-8)7(10)6(2)9/h5-7H,3-4H2,1-2H3. The van der Waals surface area contributed by atoms with E-state index in [-0.39, 0.29) is 6.42 Å². The second-order valence-corrected chi connectivity index (χ2v) is 2.58. The van der Waals surface area contributed by atoms with Crippen molar-refractivity contribution in [3.8, 4) is 0 Å². The molecule has 0 nitrogen and oxygen atoms in total. The summed E-state index contributed by atoms with van der Waals surface area (Å²) in [4.78, 5) is 0. The molecule has 62 valence electrons. The highest BCUT2D eigenvalue weighted by Crippen LogP contribution is 2.17. The topological polar surface area (TPSA) is 0 Å². The fourth-order valence-electron chi connectivity index (χ4n) is 0.784. The van der Waals surface area contributed by atoms with E-state index >= 15 is 0 Å². The van der Waals surface area contributed by atoms with Gasteiger partial charge in [0.05, 0.1) is 6.67 Å². The van der Waals surface area contributed by atoms with Crippen molar-refractivity contribution in [1.82, 2.24) is 0 Å². The van der Waals surface area contributed by atoms with Gasteiger partial charge >= 0.3 is 0 Å². The number of alkyl halides is 3. The van der Waals surface area contributed by atoms with Crippen LogP contribution in [0, 0.1) is 5.92 Å². The number of hydrogen-bond donors (Lipinski definition) is 0. The van der Waals surface area contributed by atoms with E-state index in [1.54, 1.807) is 0 Å². The summed E-state index contributed by atoms with van der Waals surface area (Å²) in [5, 5.41) is 0. The van der Waals surface area contributed by atoms with Crippen LogP contribution in [0.3, 0.4) is 0 Å². The molecule has 0 saturated heterocycles. The second kappa shape index (κ2) is 4.58. The molecule has 3 unspecified atom stereocenters. The molecule has 0 aromatic heterocycles. The first kappa shape index (κ1) is 9.79. The van der Waals surface area contributed by atoms with Crippen LogP contribution in [0.4, 0.5) is 13.2 Å². The van der Waals surface area contributed by atoms with E-state index in [0.29, 0.717) is 0 Å². The Morgan fingerprint density at radius 2 is 1.70 bits per heavy atom. The highest BCUT2D eigenvalue weighted by atomic mass is 19.2. The lowest BCUT2D eigenvalue weighted by molar-refractivity contribution is 0.120. The van der Waals surface area contributed by atoms with Gasteiger partial charge in [-0.2, -0.15) is 0 Å². The lowest BCUT2D eigenvalue weighted by Crippen LogP contribution is -2.22. The van der Waals surface area contributed by atoms with Gasteiger partial charge in [0.25, 0.3) is 0 Å². The third-order valence-corrected chi connectivity index (χ3v) is 1.55. The van der Waals surface area contributed by atoms with Gasteiger partial charge < -0.3 is 0 Å². The van der Waals surface area contributed by atoms with Crippen LogP contribution in [0.5, 0.6) is 0 Å². The molecule has 0 saturated carbocycles. The molecule has 0 aromatic rings. The molecule has 3 heteroatoms. The first-order chi connectivity index (χ1) is 4.59. The molecule has 0 fully saturated rings. The van der Waals surface area contributed by atoms with Crippen LogP contribution in [0.25, 0.3) is 0 Å². The number of rotatable bonds is 4. The molecule has 0 aromatic carbocycles. The van der Waals surface area contributed by atoms with E-state index in [1.807, 2.05) is 0 Å². The van der Waals surface area contributed by atoms with E-state index in [9.17, 15) is 13.2 Å². The van der Waals surface area contributed by atoms with Crippen molar-refractivity contribution in [2.75, 3.05) is 6.67 Å². The fraction of sp³-hybridized carbons (Fsp3) is 1.00. The summed E-state index contributed by atoms with van der Waals surface area (Å²) in [6.07, 6.45) is -2.90. The molecular weight excluding hydrogens is 141 g/mol. The first-order valence-electron chi connectivity index (χ1n) is 3.43. The predicted molar refractivity (Wildman–Crippen MR) is 35.2 cm³/mol. The van der Waals surface area contributed by atoms with Gasteiger partial charge in [-0.15, -0.1) is 0 Å². The van der Waals surface area contributed by atoms with Crippen molar-refractivity contribution in [3.05, 3.63) is 0 Å². The molecule has 0 amide bonds. The van der Waals surface area contributed by atoms with E-state index < -0.39 is 24.9 Å². The summed E-state index contributed by atoms with van der Waals surface area (Å²) in [7, 11) is 0. The normalized spacial score (nSPS) is 20.1. The molecule has 0 N–H and O–H groups in total. The van der Waals surface area contributed by atoms with Crippen molar-refractivity contribution in [1.29, 1.82) is 0 Å². The maximum Gasteiger partial charge on any atom is 0.133 e. The van der Waals surface area contributed by atoms with E-state index in [1.165, 1.54) is 6.92 Å². The molecule has 0 bridgehead atoms. The summed E-state index contributed by atoms with van der Waals surface area (Å²) in [6.45, 7) is 2.09. The van der Waals surface area contributed by atoms with Crippen LogP contribution in [0.15, 0.2) is 0 Å². The zero-order valence-corrected chi connectivity index (χ0v) is 6.28. The molecule has 0 radical (unpaired) electrons. The van der Waals surface area contributed by atoms with Crippen LogP contribution in [0.1, 0.15) is 20.3 Å². The van der Waals surface area contributed by atoms with Gasteiger partial charge in [-0.05, 0) is 19.3 Å². The predicted octanol–water partition coefficient (Wildman–Crippen LogP) is 2.68. The monoisotopic (exact) mass is 154 g/mol. The third kappa shape index (κ3) is 3.08. The Balaban J connectivity index is 3.58. The molecule has 0 rings (SSSR count). The average molecular weight is 154 g/mol. The molecule has 0 heterocycles. The Bertz CT molecular complexity index is 82.9. The average Bonchev–Trinajstić information content (AvgIpc) is 1.87. The SMILES string of the molecule is CC(F)C(F)C(C)CCF. The summed E-state index contributed by atoms with van der Waals surface area (Å²) in [6, 6.07) is 0. The third-order valence-electron chi connectivity index (χ3n) is 1.55. The summed E-state index contributed by atoms with van der Waals surface area (Å²) in [5.74, 6) is -0.509. The Labute approximate surface area is 59.4 Å². The molecule has 3 atom stereocenters. The summed E-state index contributed by atoms with van der Waals surface area (Å²) in [5.41, 5.74) is 0. The first-order valence-corrected chi connectivity index (χ1v) is 3.43. The van der Waals surface area contributed by atoms with E-state index in [4.69, 9.17) is 0 Å². The lowest BCUT2D eigenvalue weighted by Gasteiger charge is -2.15. The molecule has 0 aliphatic rings. The Morgan fingerprint density at radius 1 is 1.20 bits per heavy atom. The summed E-state index contributed by atoms with van der Waals surface area (Å²) >= 11 is 0. The highest BCUT2D eigenvalue weighted by Gasteiger charge is 2.21. The van der Waals surface area contributed by atoms with Crippen molar-refractivity contribution in [3.63, 3.8) is 0 Å². The van der Waals surface area contributed by atoms with Gasteiger partial charge in [-0.3, -0.25) is 4.39 Å². The molecule has 0 aliphatic heterocycles. The van der Waals surface area contributed by atoms with Gasteiger partial charge in [0.2, 0.25) is 0 Å². The lowest BCUT2D eigenvalue weighted by atomic mass is 10.0. The summed E-state index contributed by atoms with van der Waals surface area (Å²) < 4.78 is 36.3. The minimum Gasteiger partial charge on any atom is -0.251 e. The van der Waals surface area contributed by atoms with Gasteiger partial charge in [0.1, 0.15) is 12.3 Å². The van der Waals surface area contributed by atoms with Crippen molar-refractivity contribution in [2.24, 2.45) is 5.92 Å². The fourth-order valence-corrected chi connectivity index (χ4v) is 0.784. The Kier molecular flexibility index (Phi) is 4.49. The second-order valence-electron chi connectivity index (χ2n) is 2.58. The van der Waals surface area contributed by atoms with Crippen LogP contribution in [-0.2, 0) is 0 Å². The van der Waals surface area contributed by atoms with Crippen molar-refractivity contribution < 1.29 is 13.2 Å². The van der Waals surface area contributed by atoms with Crippen molar-refractivity contribution in [2.45, 2.75) is 32.6 Å². The molecule has 0 spiro atoms.